The normalized spacial score (nSPS) is 10.2. The highest BCUT2D eigenvalue weighted by Gasteiger charge is 2.10. The Morgan fingerprint density at radius 2 is 1.65 bits per heavy atom. The van der Waals surface area contributed by atoms with E-state index in [1.54, 1.807) is 38.5 Å². The quantitative estimate of drug-likeness (QED) is 0.524. The minimum absolute atomic E-state index is 0.0581. The van der Waals surface area contributed by atoms with Crippen molar-refractivity contribution in [3.05, 3.63) is 59.7 Å². The number of aryl methyl sites for hydroxylation is 1. The highest BCUT2D eigenvalue weighted by atomic mass is 16.5. The molecule has 0 aromatic heterocycles. The lowest BCUT2D eigenvalue weighted by Gasteiger charge is -2.07. The zero-order valence-electron chi connectivity index (χ0n) is 15.3. The Morgan fingerprint density at radius 3 is 2.35 bits per heavy atom. The van der Waals surface area contributed by atoms with Gasteiger partial charge in [-0.2, -0.15) is 0 Å². The first-order valence-electron chi connectivity index (χ1n) is 8.69. The highest BCUT2D eigenvalue weighted by molar-refractivity contribution is 5.98. The molecule has 0 aliphatic heterocycles. The van der Waals surface area contributed by atoms with Crippen molar-refractivity contribution in [1.82, 2.24) is 5.32 Å². The molecule has 138 valence electrons. The first-order chi connectivity index (χ1) is 12.6. The third kappa shape index (κ3) is 6.24. The smallest absolute Gasteiger partial charge is 0.220 e. The van der Waals surface area contributed by atoms with E-state index in [1.807, 2.05) is 24.3 Å². The number of Topliss-reactive ketones (excluding diaryl/α,β-unsaturated/α-hetero) is 1. The molecule has 0 radical (unpaired) electrons. The zero-order chi connectivity index (χ0) is 18.8. The van der Waals surface area contributed by atoms with Gasteiger partial charge in [-0.05, 0) is 42.7 Å². The number of carbonyl (C=O) groups excluding carboxylic acids is 2. The maximum absolute atomic E-state index is 12.1. The van der Waals surface area contributed by atoms with E-state index in [1.165, 1.54) is 5.56 Å². The van der Waals surface area contributed by atoms with E-state index in [9.17, 15) is 9.59 Å². The van der Waals surface area contributed by atoms with Gasteiger partial charge in [0.15, 0.2) is 5.78 Å². The van der Waals surface area contributed by atoms with Crippen LogP contribution in [0.4, 0.5) is 0 Å². The van der Waals surface area contributed by atoms with Crippen molar-refractivity contribution in [1.29, 1.82) is 0 Å². The summed E-state index contributed by atoms with van der Waals surface area (Å²) < 4.78 is 10.2. The van der Waals surface area contributed by atoms with E-state index in [-0.39, 0.29) is 24.5 Å². The minimum Gasteiger partial charge on any atom is -0.497 e. The van der Waals surface area contributed by atoms with Crippen molar-refractivity contribution in [2.45, 2.75) is 25.7 Å². The van der Waals surface area contributed by atoms with Crippen molar-refractivity contribution >= 4 is 11.7 Å². The number of amides is 1. The minimum atomic E-state index is -0.101. The van der Waals surface area contributed by atoms with E-state index in [0.717, 1.165) is 18.6 Å². The van der Waals surface area contributed by atoms with Crippen LogP contribution in [0, 0.1) is 0 Å². The van der Waals surface area contributed by atoms with Gasteiger partial charge in [-0.25, -0.2) is 0 Å². The largest absolute Gasteiger partial charge is 0.497 e. The van der Waals surface area contributed by atoms with Crippen molar-refractivity contribution < 1.29 is 19.1 Å². The predicted octanol–water partition coefficient (Wildman–Crippen LogP) is 3.42. The highest BCUT2D eigenvalue weighted by Crippen LogP contribution is 2.15. The molecule has 1 amide bonds. The molecule has 0 aliphatic carbocycles. The molecule has 0 aliphatic rings. The average Bonchev–Trinajstić information content (AvgIpc) is 2.69. The Morgan fingerprint density at radius 1 is 0.923 bits per heavy atom. The summed E-state index contributed by atoms with van der Waals surface area (Å²) in [5.74, 6) is 1.31. The molecule has 0 saturated carbocycles. The monoisotopic (exact) mass is 355 g/mol. The second-order valence-corrected chi connectivity index (χ2v) is 5.96. The summed E-state index contributed by atoms with van der Waals surface area (Å²) in [5, 5.41) is 2.86. The molecule has 2 aromatic carbocycles. The molecular weight excluding hydrogens is 330 g/mol. The van der Waals surface area contributed by atoms with Crippen LogP contribution in [0.5, 0.6) is 11.5 Å². The molecule has 0 spiro atoms. The number of hydrogen-bond donors (Lipinski definition) is 1. The summed E-state index contributed by atoms with van der Waals surface area (Å²) in [4.78, 5) is 24.0. The molecule has 5 nitrogen and oxygen atoms in total. The van der Waals surface area contributed by atoms with Crippen LogP contribution in [0.2, 0.25) is 0 Å². The van der Waals surface area contributed by atoms with Crippen LogP contribution in [-0.4, -0.2) is 32.5 Å². The van der Waals surface area contributed by atoms with Gasteiger partial charge in [-0.3, -0.25) is 9.59 Å². The molecule has 26 heavy (non-hydrogen) atoms. The van der Waals surface area contributed by atoms with Crippen LogP contribution in [0.1, 0.15) is 35.2 Å². The number of hydrogen-bond acceptors (Lipinski definition) is 4. The van der Waals surface area contributed by atoms with Gasteiger partial charge in [0, 0.05) is 24.9 Å². The molecule has 0 unspecified atom stereocenters. The third-order valence-corrected chi connectivity index (χ3v) is 4.09. The van der Waals surface area contributed by atoms with Crippen LogP contribution in [0.3, 0.4) is 0 Å². The van der Waals surface area contributed by atoms with Crippen LogP contribution in [0.15, 0.2) is 48.5 Å². The molecule has 5 heteroatoms. The summed E-state index contributed by atoms with van der Waals surface area (Å²) in [5.41, 5.74) is 1.77. The Bertz CT molecular complexity index is 725. The van der Waals surface area contributed by atoms with Gasteiger partial charge in [0.25, 0.3) is 0 Å². The lowest BCUT2D eigenvalue weighted by molar-refractivity contribution is -0.121. The molecule has 0 heterocycles. The van der Waals surface area contributed by atoms with Gasteiger partial charge in [-0.1, -0.05) is 24.3 Å². The molecule has 0 atom stereocenters. The molecule has 1 N–H and O–H groups in total. The Labute approximate surface area is 154 Å². The Hall–Kier alpha value is -2.82. The fourth-order valence-corrected chi connectivity index (χ4v) is 2.57. The molecule has 0 saturated heterocycles. The number of ether oxygens (including phenoxy) is 2. The van der Waals surface area contributed by atoms with Gasteiger partial charge in [0.2, 0.25) is 5.91 Å². The van der Waals surface area contributed by atoms with Gasteiger partial charge >= 0.3 is 0 Å². The maximum Gasteiger partial charge on any atom is 0.220 e. The second-order valence-electron chi connectivity index (χ2n) is 5.96. The van der Waals surface area contributed by atoms with Gasteiger partial charge in [-0.15, -0.1) is 0 Å². The Balaban J connectivity index is 1.65. The zero-order valence-corrected chi connectivity index (χ0v) is 15.3. The molecule has 0 bridgehead atoms. The second kappa shape index (κ2) is 10.2. The summed E-state index contributed by atoms with van der Waals surface area (Å²) in [6, 6.07) is 14.9. The lowest BCUT2D eigenvalue weighted by atomic mass is 10.1. The Kier molecular flexibility index (Phi) is 7.68. The van der Waals surface area contributed by atoms with E-state index in [2.05, 4.69) is 5.32 Å². The number of ketones is 1. The van der Waals surface area contributed by atoms with Crippen LogP contribution < -0.4 is 14.8 Å². The number of carbonyl (C=O) groups is 2. The fraction of sp³-hybridized carbons (Fsp3) is 0.333. The van der Waals surface area contributed by atoms with Gasteiger partial charge in [0.1, 0.15) is 11.5 Å². The fourth-order valence-electron chi connectivity index (χ4n) is 2.57. The standard InChI is InChI=1S/C21H25NO4/c1-25-18-10-8-16(9-11-18)5-4-14-22-21(24)13-12-20(23)17-6-3-7-19(15-17)26-2/h3,6-11,15H,4-5,12-14H2,1-2H3,(H,22,24). The summed E-state index contributed by atoms with van der Waals surface area (Å²) in [7, 11) is 3.20. The molecule has 2 rings (SSSR count). The van der Waals surface area contributed by atoms with E-state index < -0.39 is 0 Å². The van der Waals surface area contributed by atoms with Gasteiger partial charge < -0.3 is 14.8 Å². The van der Waals surface area contributed by atoms with Crippen molar-refractivity contribution in [2.24, 2.45) is 0 Å². The molecule has 2 aromatic rings. The third-order valence-electron chi connectivity index (χ3n) is 4.09. The molecule has 0 fully saturated rings. The van der Waals surface area contributed by atoms with E-state index >= 15 is 0 Å². The lowest BCUT2D eigenvalue weighted by Crippen LogP contribution is -2.25. The van der Waals surface area contributed by atoms with E-state index in [0.29, 0.717) is 17.9 Å². The first-order valence-corrected chi connectivity index (χ1v) is 8.69. The summed E-state index contributed by atoms with van der Waals surface area (Å²) in [6.07, 6.45) is 2.12. The summed E-state index contributed by atoms with van der Waals surface area (Å²) >= 11 is 0. The predicted molar refractivity (Wildman–Crippen MR) is 101 cm³/mol. The molecular formula is C21H25NO4. The topological polar surface area (TPSA) is 64.6 Å². The van der Waals surface area contributed by atoms with E-state index in [4.69, 9.17) is 9.47 Å². The number of rotatable bonds is 10. The number of benzene rings is 2. The number of nitrogens with one attached hydrogen (secondary N) is 1. The first kappa shape index (κ1) is 19.5. The van der Waals surface area contributed by atoms with Gasteiger partial charge in [0.05, 0.1) is 14.2 Å². The SMILES string of the molecule is COc1ccc(CCCNC(=O)CCC(=O)c2cccc(OC)c2)cc1. The maximum atomic E-state index is 12.1. The van der Waals surface area contributed by atoms with Crippen LogP contribution >= 0.6 is 0 Å². The van der Waals surface area contributed by atoms with Crippen molar-refractivity contribution in [2.75, 3.05) is 20.8 Å². The van der Waals surface area contributed by atoms with Crippen molar-refractivity contribution in [3.63, 3.8) is 0 Å². The van der Waals surface area contributed by atoms with Crippen LogP contribution in [0.25, 0.3) is 0 Å². The number of methoxy groups -OCH3 is 2. The summed E-state index contributed by atoms with van der Waals surface area (Å²) in [6.45, 7) is 0.595. The van der Waals surface area contributed by atoms with Crippen LogP contribution in [-0.2, 0) is 11.2 Å². The van der Waals surface area contributed by atoms with Crippen molar-refractivity contribution in [3.8, 4) is 11.5 Å². The average molecular weight is 355 g/mol.